The molecule has 0 spiro atoms. The molecule has 0 fully saturated rings. The molecule has 1 amide bonds. The topological polar surface area (TPSA) is 60.5 Å². The van der Waals surface area contributed by atoms with Gasteiger partial charge in [0, 0.05) is 40.2 Å². The molecule has 0 unspecified atom stereocenters. The number of ether oxygens (including phenoxy) is 2. The first kappa shape index (κ1) is 20.6. The number of nitrogens with one attached hydrogen (secondary N) is 1. The van der Waals surface area contributed by atoms with E-state index in [1.54, 1.807) is 24.6 Å². The van der Waals surface area contributed by atoms with Gasteiger partial charge >= 0.3 is 0 Å². The summed E-state index contributed by atoms with van der Waals surface area (Å²) in [4.78, 5) is 16.5. The van der Waals surface area contributed by atoms with Crippen molar-refractivity contribution in [2.75, 3.05) is 20.3 Å². The summed E-state index contributed by atoms with van der Waals surface area (Å²) < 4.78 is 10.8. The molecular formula is C20H18Cl2N2O3S. The van der Waals surface area contributed by atoms with Crippen molar-refractivity contribution >= 4 is 40.4 Å². The Kier molecular flexibility index (Phi) is 7.28. The molecular weight excluding hydrogens is 419 g/mol. The predicted octanol–water partition coefficient (Wildman–Crippen LogP) is 5.07. The SMILES string of the molecule is COCCNC(=O)c1csc(-c2cccc(OCc3ccc(Cl)cc3Cl)c2)n1. The van der Waals surface area contributed by atoms with Crippen LogP contribution in [0.1, 0.15) is 16.1 Å². The molecule has 0 saturated carbocycles. The molecule has 1 N–H and O–H groups in total. The Balaban J connectivity index is 1.67. The minimum atomic E-state index is -0.218. The van der Waals surface area contributed by atoms with Crippen molar-refractivity contribution in [2.45, 2.75) is 6.61 Å². The molecule has 0 aliphatic carbocycles. The number of amides is 1. The normalized spacial score (nSPS) is 10.7. The van der Waals surface area contributed by atoms with E-state index < -0.39 is 0 Å². The van der Waals surface area contributed by atoms with E-state index in [4.69, 9.17) is 32.7 Å². The summed E-state index contributed by atoms with van der Waals surface area (Å²) in [7, 11) is 1.59. The van der Waals surface area contributed by atoms with Gasteiger partial charge in [-0.15, -0.1) is 11.3 Å². The maximum Gasteiger partial charge on any atom is 0.270 e. The number of halogens is 2. The summed E-state index contributed by atoms with van der Waals surface area (Å²) in [6, 6.07) is 12.9. The van der Waals surface area contributed by atoms with E-state index in [0.29, 0.717) is 41.2 Å². The maximum atomic E-state index is 12.1. The van der Waals surface area contributed by atoms with Crippen LogP contribution < -0.4 is 10.1 Å². The fourth-order valence-electron chi connectivity index (χ4n) is 2.39. The molecule has 28 heavy (non-hydrogen) atoms. The standard InChI is InChI=1S/C20H18Cl2N2O3S/c1-26-8-7-23-19(25)18-12-28-20(24-18)13-3-2-4-16(9-13)27-11-14-5-6-15(21)10-17(14)22/h2-6,9-10,12H,7-8,11H2,1H3,(H,23,25). The molecule has 0 radical (unpaired) electrons. The number of nitrogens with zero attached hydrogens (tertiary/aromatic N) is 1. The molecule has 8 heteroatoms. The lowest BCUT2D eigenvalue weighted by atomic mass is 10.2. The summed E-state index contributed by atoms with van der Waals surface area (Å²) in [5.41, 5.74) is 2.11. The highest BCUT2D eigenvalue weighted by molar-refractivity contribution is 7.13. The Bertz CT molecular complexity index is 962. The number of carbonyl (C=O) groups excluding carboxylic acids is 1. The maximum absolute atomic E-state index is 12.1. The number of benzene rings is 2. The quantitative estimate of drug-likeness (QED) is 0.500. The van der Waals surface area contributed by atoms with Crippen LogP contribution in [-0.4, -0.2) is 31.2 Å². The smallest absolute Gasteiger partial charge is 0.270 e. The summed E-state index contributed by atoms with van der Waals surface area (Å²) in [6.07, 6.45) is 0. The van der Waals surface area contributed by atoms with E-state index >= 15 is 0 Å². The third-order valence-electron chi connectivity index (χ3n) is 3.82. The Labute approximate surface area is 177 Å². The van der Waals surface area contributed by atoms with Crippen molar-refractivity contribution in [1.82, 2.24) is 10.3 Å². The first-order chi connectivity index (χ1) is 13.6. The van der Waals surface area contributed by atoms with Crippen molar-refractivity contribution in [3.05, 3.63) is 69.1 Å². The fraction of sp³-hybridized carbons (Fsp3) is 0.200. The number of thiazole rings is 1. The van der Waals surface area contributed by atoms with E-state index in [1.807, 2.05) is 30.3 Å². The van der Waals surface area contributed by atoms with E-state index in [1.165, 1.54) is 11.3 Å². The number of methoxy groups -OCH3 is 1. The fourth-order valence-corrected chi connectivity index (χ4v) is 3.65. The zero-order chi connectivity index (χ0) is 19.9. The van der Waals surface area contributed by atoms with E-state index in [0.717, 1.165) is 16.1 Å². The lowest BCUT2D eigenvalue weighted by Gasteiger charge is -2.09. The second kappa shape index (κ2) is 9.89. The van der Waals surface area contributed by atoms with Crippen LogP contribution in [0.3, 0.4) is 0 Å². The predicted molar refractivity (Wildman–Crippen MR) is 113 cm³/mol. The molecule has 1 aromatic heterocycles. The molecule has 0 aliphatic rings. The lowest BCUT2D eigenvalue weighted by Crippen LogP contribution is -2.27. The van der Waals surface area contributed by atoms with Gasteiger partial charge in [-0.25, -0.2) is 4.98 Å². The van der Waals surface area contributed by atoms with Crippen LogP contribution in [0.4, 0.5) is 0 Å². The highest BCUT2D eigenvalue weighted by atomic mass is 35.5. The van der Waals surface area contributed by atoms with Gasteiger partial charge in [-0.05, 0) is 24.3 Å². The summed E-state index contributed by atoms with van der Waals surface area (Å²) in [5, 5.41) is 6.38. The number of carbonyl (C=O) groups is 1. The highest BCUT2D eigenvalue weighted by Crippen LogP contribution is 2.28. The van der Waals surface area contributed by atoms with Gasteiger partial charge in [-0.1, -0.05) is 41.4 Å². The molecule has 0 atom stereocenters. The summed E-state index contributed by atoms with van der Waals surface area (Å²) >= 11 is 13.5. The van der Waals surface area contributed by atoms with E-state index in [9.17, 15) is 4.79 Å². The van der Waals surface area contributed by atoms with Gasteiger partial charge in [0.05, 0.1) is 6.61 Å². The molecule has 146 valence electrons. The van der Waals surface area contributed by atoms with Crippen LogP contribution in [0, 0.1) is 0 Å². The van der Waals surface area contributed by atoms with Gasteiger partial charge in [-0.3, -0.25) is 4.79 Å². The minimum absolute atomic E-state index is 0.218. The van der Waals surface area contributed by atoms with Gasteiger partial charge < -0.3 is 14.8 Å². The van der Waals surface area contributed by atoms with Crippen molar-refractivity contribution < 1.29 is 14.3 Å². The number of aromatic nitrogens is 1. The van der Waals surface area contributed by atoms with Gasteiger partial charge in [-0.2, -0.15) is 0 Å². The Morgan fingerprint density at radius 2 is 2.07 bits per heavy atom. The number of hydrogen-bond acceptors (Lipinski definition) is 5. The summed E-state index contributed by atoms with van der Waals surface area (Å²) in [5.74, 6) is 0.467. The number of hydrogen-bond donors (Lipinski definition) is 1. The van der Waals surface area contributed by atoms with Gasteiger partial charge in [0.2, 0.25) is 0 Å². The minimum Gasteiger partial charge on any atom is -0.489 e. The molecule has 0 aliphatic heterocycles. The third-order valence-corrected chi connectivity index (χ3v) is 5.30. The third kappa shape index (κ3) is 5.45. The van der Waals surface area contributed by atoms with Crippen molar-refractivity contribution in [3.8, 4) is 16.3 Å². The van der Waals surface area contributed by atoms with Gasteiger partial charge in [0.15, 0.2) is 0 Å². The largest absolute Gasteiger partial charge is 0.489 e. The Morgan fingerprint density at radius 1 is 1.21 bits per heavy atom. The van der Waals surface area contributed by atoms with Crippen LogP contribution >= 0.6 is 34.5 Å². The molecule has 0 bridgehead atoms. The average Bonchev–Trinajstić information content (AvgIpc) is 3.18. The monoisotopic (exact) mass is 436 g/mol. The molecule has 3 rings (SSSR count). The van der Waals surface area contributed by atoms with Gasteiger partial charge in [0.25, 0.3) is 5.91 Å². The number of rotatable bonds is 8. The van der Waals surface area contributed by atoms with E-state index in [2.05, 4.69) is 10.3 Å². The molecule has 3 aromatic rings. The van der Waals surface area contributed by atoms with Crippen molar-refractivity contribution in [1.29, 1.82) is 0 Å². The highest BCUT2D eigenvalue weighted by Gasteiger charge is 2.12. The second-order valence-electron chi connectivity index (χ2n) is 5.84. The van der Waals surface area contributed by atoms with Crippen LogP contribution in [-0.2, 0) is 11.3 Å². The Morgan fingerprint density at radius 3 is 2.86 bits per heavy atom. The first-order valence-corrected chi connectivity index (χ1v) is 10.1. The zero-order valence-corrected chi connectivity index (χ0v) is 17.4. The van der Waals surface area contributed by atoms with Crippen LogP contribution in [0.5, 0.6) is 5.75 Å². The molecule has 0 saturated heterocycles. The average molecular weight is 437 g/mol. The van der Waals surface area contributed by atoms with Crippen molar-refractivity contribution in [3.63, 3.8) is 0 Å². The second-order valence-corrected chi connectivity index (χ2v) is 7.54. The van der Waals surface area contributed by atoms with Gasteiger partial charge in [0.1, 0.15) is 23.1 Å². The Hall–Kier alpha value is -2.12. The lowest BCUT2D eigenvalue weighted by molar-refractivity contribution is 0.0933. The molecule has 5 nitrogen and oxygen atoms in total. The summed E-state index contributed by atoms with van der Waals surface area (Å²) in [6.45, 7) is 1.23. The van der Waals surface area contributed by atoms with Crippen LogP contribution in [0.15, 0.2) is 47.8 Å². The molecule has 2 aromatic carbocycles. The molecule has 1 heterocycles. The van der Waals surface area contributed by atoms with E-state index in [-0.39, 0.29) is 5.91 Å². The zero-order valence-electron chi connectivity index (χ0n) is 15.1. The first-order valence-electron chi connectivity index (χ1n) is 8.46. The van der Waals surface area contributed by atoms with Crippen LogP contribution in [0.2, 0.25) is 10.0 Å². The van der Waals surface area contributed by atoms with Crippen LogP contribution in [0.25, 0.3) is 10.6 Å². The van der Waals surface area contributed by atoms with Crippen molar-refractivity contribution in [2.24, 2.45) is 0 Å².